The van der Waals surface area contributed by atoms with Crippen molar-refractivity contribution in [2.24, 2.45) is 0 Å². The Morgan fingerprint density at radius 1 is 0.621 bits per heavy atom. The van der Waals surface area contributed by atoms with E-state index in [0.717, 1.165) is 29.8 Å². The SMILES string of the molecule is Fc1ccc([C@@H](Cc2ccccc2)c2cc(C(F)(F)F)cc(C(F)(F)F)c2)cc1. The number of halogens is 7. The van der Waals surface area contributed by atoms with Gasteiger partial charge in [-0.2, -0.15) is 26.3 Å². The highest BCUT2D eigenvalue weighted by Gasteiger charge is 2.37. The van der Waals surface area contributed by atoms with E-state index in [1.54, 1.807) is 30.3 Å². The van der Waals surface area contributed by atoms with Crippen LogP contribution >= 0.6 is 0 Å². The zero-order chi connectivity index (χ0) is 21.2. The molecule has 0 bridgehead atoms. The quantitative estimate of drug-likeness (QED) is 0.396. The van der Waals surface area contributed by atoms with E-state index in [2.05, 4.69) is 0 Å². The lowest BCUT2D eigenvalue weighted by atomic mass is 9.84. The van der Waals surface area contributed by atoms with Crippen LogP contribution < -0.4 is 0 Å². The van der Waals surface area contributed by atoms with E-state index in [1.165, 1.54) is 12.1 Å². The van der Waals surface area contributed by atoms with Crippen LogP contribution in [-0.2, 0) is 18.8 Å². The summed E-state index contributed by atoms with van der Waals surface area (Å²) in [5.74, 6) is -1.37. The second-order valence-corrected chi connectivity index (χ2v) is 6.63. The topological polar surface area (TPSA) is 0 Å². The van der Waals surface area contributed by atoms with E-state index < -0.39 is 35.2 Å². The first-order chi connectivity index (χ1) is 13.5. The highest BCUT2D eigenvalue weighted by Crippen LogP contribution is 2.39. The first-order valence-corrected chi connectivity index (χ1v) is 8.63. The summed E-state index contributed by atoms with van der Waals surface area (Å²) in [6.07, 6.45) is -9.71. The van der Waals surface area contributed by atoms with E-state index >= 15 is 0 Å². The van der Waals surface area contributed by atoms with Crippen molar-refractivity contribution in [3.05, 3.63) is 106 Å². The van der Waals surface area contributed by atoms with Crippen molar-refractivity contribution in [3.63, 3.8) is 0 Å². The maximum atomic E-state index is 13.3. The lowest BCUT2D eigenvalue weighted by Crippen LogP contribution is -2.14. The Morgan fingerprint density at radius 3 is 1.62 bits per heavy atom. The summed E-state index contributed by atoms with van der Waals surface area (Å²) < 4.78 is 92.9. The van der Waals surface area contributed by atoms with Crippen LogP contribution in [0.1, 0.15) is 33.7 Å². The number of benzene rings is 3. The molecule has 0 aromatic heterocycles. The van der Waals surface area contributed by atoms with Gasteiger partial charge >= 0.3 is 12.4 Å². The molecule has 3 aromatic carbocycles. The van der Waals surface area contributed by atoms with Gasteiger partial charge in [-0.15, -0.1) is 0 Å². The zero-order valence-electron chi connectivity index (χ0n) is 14.9. The van der Waals surface area contributed by atoms with Gasteiger partial charge in [-0.1, -0.05) is 42.5 Å². The monoisotopic (exact) mass is 412 g/mol. The summed E-state index contributed by atoms with van der Waals surface area (Å²) in [5, 5.41) is 0. The van der Waals surface area contributed by atoms with Gasteiger partial charge in [-0.3, -0.25) is 0 Å². The van der Waals surface area contributed by atoms with Crippen molar-refractivity contribution < 1.29 is 30.7 Å². The molecule has 0 heterocycles. The summed E-state index contributed by atoms with van der Waals surface area (Å²) >= 11 is 0. The van der Waals surface area contributed by atoms with Gasteiger partial charge in [0, 0.05) is 5.92 Å². The van der Waals surface area contributed by atoms with Crippen LogP contribution in [0.5, 0.6) is 0 Å². The van der Waals surface area contributed by atoms with Gasteiger partial charge in [-0.25, -0.2) is 4.39 Å². The fraction of sp³-hybridized carbons (Fsp3) is 0.182. The molecular weight excluding hydrogens is 397 g/mol. The summed E-state index contributed by atoms with van der Waals surface area (Å²) in [6, 6.07) is 15.2. The fourth-order valence-electron chi connectivity index (χ4n) is 3.15. The molecule has 0 spiro atoms. The molecule has 0 aliphatic rings. The van der Waals surface area contributed by atoms with Crippen molar-refractivity contribution in [2.45, 2.75) is 24.7 Å². The van der Waals surface area contributed by atoms with Crippen LogP contribution in [0.3, 0.4) is 0 Å². The summed E-state index contributed by atoms with van der Waals surface area (Å²) in [5.41, 5.74) is -1.73. The number of alkyl halides is 6. The molecule has 0 nitrogen and oxygen atoms in total. The van der Waals surface area contributed by atoms with Gasteiger partial charge in [-0.05, 0) is 53.4 Å². The van der Waals surface area contributed by atoms with Gasteiger partial charge in [0.15, 0.2) is 0 Å². The highest BCUT2D eigenvalue weighted by molar-refractivity contribution is 5.41. The molecule has 0 unspecified atom stereocenters. The number of hydrogen-bond donors (Lipinski definition) is 0. The molecular formula is C22H15F7. The van der Waals surface area contributed by atoms with Crippen LogP contribution in [-0.4, -0.2) is 0 Å². The predicted molar refractivity (Wildman–Crippen MR) is 94.8 cm³/mol. The number of hydrogen-bond acceptors (Lipinski definition) is 0. The Bertz CT molecular complexity index is 923. The van der Waals surface area contributed by atoms with Crippen molar-refractivity contribution in [3.8, 4) is 0 Å². The van der Waals surface area contributed by atoms with E-state index in [0.29, 0.717) is 5.56 Å². The van der Waals surface area contributed by atoms with Crippen molar-refractivity contribution in [1.29, 1.82) is 0 Å². The molecule has 0 amide bonds. The first-order valence-electron chi connectivity index (χ1n) is 8.63. The zero-order valence-corrected chi connectivity index (χ0v) is 14.9. The van der Waals surface area contributed by atoms with E-state index in [4.69, 9.17) is 0 Å². The van der Waals surface area contributed by atoms with E-state index in [9.17, 15) is 30.7 Å². The summed E-state index contributed by atoms with van der Waals surface area (Å²) in [4.78, 5) is 0. The minimum Gasteiger partial charge on any atom is -0.207 e. The lowest BCUT2D eigenvalue weighted by molar-refractivity contribution is -0.143. The Morgan fingerprint density at radius 2 is 1.14 bits per heavy atom. The maximum absolute atomic E-state index is 13.3. The van der Waals surface area contributed by atoms with Gasteiger partial charge in [0.25, 0.3) is 0 Å². The fourth-order valence-corrected chi connectivity index (χ4v) is 3.15. The van der Waals surface area contributed by atoms with Gasteiger partial charge in [0.2, 0.25) is 0 Å². The molecule has 0 saturated heterocycles. The van der Waals surface area contributed by atoms with Crippen LogP contribution in [0.25, 0.3) is 0 Å². The molecule has 3 aromatic rings. The van der Waals surface area contributed by atoms with E-state index in [-0.39, 0.29) is 18.1 Å². The molecule has 29 heavy (non-hydrogen) atoms. The van der Waals surface area contributed by atoms with Crippen molar-refractivity contribution >= 4 is 0 Å². The number of rotatable bonds is 4. The van der Waals surface area contributed by atoms with Gasteiger partial charge in [0.05, 0.1) is 11.1 Å². The summed E-state index contributed by atoms with van der Waals surface area (Å²) in [6.45, 7) is 0. The molecule has 1 atom stereocenters. The molecule has 152 valence electrons. The van der Waals surface area contributed by atoms with Gasteiger partial charge < -0.3 is 0 Å². The smallest absolute Gasteiger partial charge is 0.207 e. The third kappa shape index (κ3) is 5.16. The standard InChI is InChI=1S/C22H15F7/c23-19-8-6-15(7-9-19)20(10-14-4-2-1-3-5-14)16-11-17(21(24,25)26)13-18(12-16)22(27,28)29/h1-9,11-13,20H,10H2/t20-/m1/s1. The Kier molecular flexibility index (Phi) is 5.68. The van der Waals surface area contributed by atoms with Gasteiger partial charge in [0.1, 0.15) is 5.82 Å². The average molecular weight is 412 g/mol. The minimum absolute atomic E-state index is 0.105. The molecule has 0 N–H and O–H groups in total. The van der Waals surface area contributed by atoms with E-state index in [1.807, 2.05) is 0 Å². The normalized spacial score (nSPS) is 13.3. The minimum atomic E-state index is -4.93. The third-order valence-corrected chi connectivity index (χ3v) is 4.57. The molecule has 0 aliphatic heterocycles. The highest BCUT2D eigenvalue weighted by atomic mass is 19.4. The lowest BCUT2D eigenvalue weighted by Gasteiger charge is -2.22. The summed E-state index contributed by atoms with van der Waals surface area (Å²) in [7, 11) is 0. The van der Waals surface area contributed by atoms with Crippen LogP contribution in [0.2, 0.25) is 0 Å². The van der Waals surface area contributed by atoms with Crippen molar-refractivity contribution in [2.75, 3.05) is 0 Å². The third-order valence-electron chi connectivity index (χ3n) is 4.57. The first kappa shape index (κ1) is 20.9. The molecule has 0 saturated carbocycles. The second-order valence-electron chi connectivity index (χ2n) is 6.63. The molecule has 0 radical (unpaired) electrons. The maximum Gasteiger partial charge on any atom is 0.416 e. The molecule has 3 rings (SSSR count). The predicted octanol–water partition coefficient (Wildman–Crippen LogP) is 7.24. The molecule has 0 fully saturated rings. The Balaban J connectivity index is 2.17. The Labute approximate surface area is 162 Å². The second kappa shape index (κ2) is 7.89. The van der Waals surface area contributed by atoms with Crippen LogP contribution in [0, 0.1) is 5.82 Å². The van der Waals surface area contributed by atoms with Crippen molar-refractivity contribution in [1.82, 2.24) is 0 Å². The molecule has 0 aliphatic carbocycles. The van der Waals surface area contributed by atoms with Crippen LogP contribution in [0.4, 0.5) is 30.7 Å². The average Bonchev–Trinajstić information content (AvgIpc) is 2.66. The largest absolute Gasteiger partial charge is 0.416 e. The molecule has 7 heteroatoms. The Hall–Kier alpha value is -2.83. The van der Waals surface area contributed by atoms with Crippen LogP contribution in [0.15, 0.2) is 72.8 Å².